The first-order valence-electron chi connectivity index (χ1n) is 6.07. The van der Waals surface area contributed by atoms with E-state index in [1.54, 1.807) is 6.07 Å². The van der Waals surface area contributed by atoms with Gasteiger partial charge in [0, 0.05) is 4.47 Å². The van der Waals surface area contributed by atoms with E-state index in [2.05, 4.69) is 21.2 Å². The third kappa shape index (κ3) is 2.90. The Morgan fingerprint density at radius 1 is 1.33 bits per heavy atom. The topological polar surface area (TPSA) is 55.1 Å². The summed E-state index contributed by atoms with van der Waals surface area (Å²) in [5, 5.41) is 2.71. The summed E-state index contributed by atoms with van der Waals surface area (Å²) in [5.41, 5.74) is 5.73. The molecule has 1 aromatic carbocycles. The predicted octanol–water partition coefficient (Wildman–Crippen LogP) is 3.19. The number of rotatable bonds is 2. The SMILES string of the molecule is NC1(C(=O)Nc2cc(F)ccc2Br)CCCCC1. The molecule has 1 fully saturated rings. The fourth-order valence-electron chi connectivity index (χ4n) is 2.25. The van der Waals surface area contributed by atoms with E-state index in [4.69, 9.17) is 5.73 Å². The van der Waals surface area contributed by atoms with Gasteiger partial charge in [0.05, 0.1) is 11.2 Å². The molecule has 18 heavy (non-hydrogen) atoms. The third-order valence-corrected chi connectivity index (χ3v) is 4.07. The molecule has 98 valence electrons. The van der Waals surface area contributed by atoms with Crippen LogP contribution < -0.4 is 11.1 Å². The molecule has 1 amide bonds. The molecule has 0 unspecified atom stereocenters. The van der Waals surface area contributed by atoms with Crippen LogP contribution in [0.4, 0.5) is 10.1 Å². The average Bonchev–Trinajstić information content (AvgIpc) is 2.35. The Morgan fingerprint density at radius 3 is 2.67 bits per heavy atom. The molecule has 2 rings (SSSR count). The van der Waals surface area contributed by atoms with Crippen molar-refractivity contribution >= 4 is 27.5 Å². The molecule has 1 aliphatic carbocycles. The van der Waals surface area contributed by atoms with Crippen molar-refractivity contribution in [2.75, 3.05) is 5.32 Å². The van der Waals surface area contributed by atoms with E-state index in [0.717, 1.165) is 19.3 Å². The zero-order valence-electron chi connectivity index (χ0n) is 10.0. The van der Waals surface area contributed by atoms with Crippen molar-refractivity contribution in [3.8, 4) is 0 Å². The maximum Gasteiger partial charge on any atom is 0.244 e. The zero-order chi connectivity index (χ0) is 13.2. The number of nitrogens with two attached hydrogens (primary N) is 1. The first kappa shape index (κ1) is 13.5. The molecule has 5 heteroatoms. The van der Waals surface area contributed by atoms with Crippen LogP contribution in [0, 0.1) is 5.82 Å². The number of anilines is 1. The molecule has 3 N–H and O–H groups in total. The Morgan fingerprint density at radius 2 is 2.00 bits per heavy atom. The second-order valence-electron chi connectivity index (χ2n) is 4.80. The van der Waals surface area contributed by atoms with Crippen molar-refractivity contribution in [1.82, 2.24) is 0 Å². The molecule has 0 aliphatic heterocycles. The van der Waals surface area contributed by atoms with E-state index in [1.165, 1.54) is 12.1 Å². The number of nitrogens with one attached hydrogen (secondary N) is 1. The smallest absolute Gasteiger partial charge is 0.244 e. The predicted molar refractivity (Wildman–Crippen MR) is 72.7 cm³/mol. The summed E-state index contributed by atoms with van der Waals surface area (Å²) in [6, 6.07) is 4.18. The normalized spacial score (nSPS) is 18.4. The number of benzene rings is 1. The number of amides is 1. The molecule has 1 saturated carbocycles. The van der Waals surface area contributed by atoms with Crippen molar-refractivity contribution in [3.05, 3.63) is 28.5 Å². The number of hydrogen-bond acceptors (Lipinski definition) is 2. The van der Waals surface area contributed by atoms with Gasteiger partial charge >= 0.3 is 0 Å². The highest BCUT2D eigenvalue weighted by Crippen LogP contribution is 2.29. The van der Waals surface area contributed by atoms with Crippen molar-refractivity contribution in [1.29, 1.82) is 0 Å². The lowest BCUT2D eigenvalue weighted by Crippen LogP contribution is -2.52. The zero-order valence-corrected chi connectivity index (χ0v) is 11.6. The fourth-order valence-corrected chi connectivity index (χ4v) is 2.60. The highest BCUT2D eigenvalue weighted by molar-refractivity contribution is 9.10. The molecular formula is C13H16BrFN2O. The van der Waals surface area contributed by atoms with Gasteiger partial charge in [-0.1, -0.05) is 19.3 Å². The lowest BCUT2D eigenvalue weighted by molar-refractivity contribution is -0.122. The van der Waals surface area contributed by atoms with Gasteiger partial charge in [-0.3, -0.25) is 4.79 Å². The first-order chi connectivity index (χ1) is 8.51. The summed E-state index contributed by atoms with van der Waals surface area (Å²) >= 11 is 3.28. The number of carbonyl (C=O) groups excluding carboxylic acids is 1. The molecule has 1 aromatic rings. The van der Waals surface area contributed by atoms with Crippen LogP contribution in [-0.2, 0) is 4.79 Å². The molecule has 0 heterocycles. The third-order valence-electron chi connectivity index (χ3n) is 3.37. The summed E-state index contributed by atoms with van der Waals surface area (Å²) in [6.07, 6.45) is 4.43. The molecule has 0 aromatic heterocycles. The van der Waals surface area contributed by atoms with E-state index in [0.29, 0.717) is 23.0 Å². The number of halogens is 2. The van der Waals surface area contributed by atoms with Crippen LogP contribution in [0.3, 0.4) is 0 Å². The second-order valence-corrected chi connectivity index (χ2v) is 5.65. The Labute approximate surface area is 114 Å². The first-order valence-corrected chi connectivity index (χ1v) is 6.86. The van der Waals surface area contributed by atoms with E-state index >= 15 is 0 Å². The molecule has 0 atom stereocenters. The number of carbonyl (C=O) groups is 1. The lowest BCUT2D eigenvalue weighted by Gasteiger charge is -2.31. The van der Waals surface area contributed by atoms with Crippen molar-refractivity contribution in [2.45, 2.75) is 37.6 Å². The molecule has 3 nitrogen and oxygen atoms in total. The van der Waals surface area contributed by atoms with Gasteiger partial charge in [-0.2, -0.15) is 0 Å². The summed E-state index contributed by atoms with van der Waals surface area (Å²) in [6.45, 7) is 0. The number of hydrogen-bond donors (Lipinski definition) is 2. The molecule has 0 saturated heterocycles. The molecule has 0 spiro atoms. The minimum Gasteiger partial charge on any atom is -0.323 e. The van der Waals surface area contributed by atoms with E-state index in [1.807, 2.05) is 0 Å². The molecular weight excluding hydrogens is 299 g/mol. The van der Waals surface area contributed by atoms with Crippen LogP contribution in [0.5, 0.6) is 0 Å². The van der Waals surface area contributed by atoms with Gasteiger partial charge in [0.25, 0.3) is 0 Å². The minimum absolute atomic E-state index is 0.228. The quantitative estimate of drug-likeness (QED) is 0.880. The van der Waals surface area contributed by atoms with E-state index in [9.17, 15) is 9.18 Å². The van der Waals surface area contributed by atoms with Gasteiger partial charge in [-0.15, -0.1) is 0 Å². The summed E-state index contributed by atoms with van der Waals surface area (Å²) in [4.78, 5) is 12.2. The summed E-state index contributed by atoms with van der Waals surface area (Å²) < 4.78 is 13.8. The van der Waals surface area contributed by atoms with Gasteiger partial charge in [-0.25, -0.2) is 4.39 Å². The summed E-state index contributed by atoms with van der Waals surface area (Å²) in [7, 11) is 0. The van der Waals surface area contributed by atoms with Gasteiger partial charge in [0.1, 0.15) is 5.82 Å². The van der Waals surface area contributed by atoms with Gasteiger partial charge in [0.2, 0.25) is 5.91 Å². The van der Waals surface area contributed by atoms with Crippen LogP contribution in [0.25, 0.3) is 0 Å². The van der Waals surface area contributed by atoms with E-state index < -0.39 is 5.54 Å². The maximum absolute atomic E-state index is 13.1. The van der Waals surface area contributed by atoms with Crippen LogP contribution in [-0.4, -0.2) is 11.4 Å². The van der Waals surface area contributed by atoms with Crippen molar-refractivity contribution < 1.29 is 9.18 Å². The Balaban J connectivity index is 2.13. The fraction of sp³-hybridized carbons (Fsp3) is 0.462. The second kappa shape index (κ2) is 5.36. The van der Waals surface area contributed by atoms with Gasteiger partial charge < -0.3 is 11.1 Å². The largest absolute Gasteiger partial charge is 0.323 e. The Kier molecular flexibility index (Phi) is 4.02. The lowest BCUT2D eigenvalue weighted by atomic mass is 9.82. The molecule has 0 bridgehead atoms. The standard InChI is InChI=1S/C13H16BrFN2O/c14-10-5-4-9(15)8-11(10)17-12(18)13(16)6-2-1-3-7-13/h4-5,8H,1-3,6-7,16H2,(H,17,18). The Bertz CT molecular complexity index is 458. The monoisotopic (exact) mass is 314 g/mol. The minimum atomic E-state index is -0.815. The maximum atomic E-state index is 13.1. The van der Waals surface area contributed by atoms with Crippen molar-refractivity contribution in [3.63, 3.8) is 0 Å². The molecule has 1 aliphatic rings. The Hall–Kier alpha value is -0.940. The van der Waals surface area contributed by atoms with E-state index in [-0.39, 0.29) is 11.7 Å². The highest BCUT2D eigenvalue weighted by Gasteiger charge is 2.35. The van der Waals surface area contributed by atoms with Crippen LogP contribution >= 0.6 is 15.9 Å². The van der Waals surface area contributed by atoms with Gasteiger partial charge in [0.15, 0.2) is 0 Å². The van der Waals surface area contributed by atoms with Crippen molar-refractivity contribution in [2.24, 2.45) is 5.73 Å². The average molecular weight is 315 g/mol. The van der Waals surface area contributed by atoms with Crippen LogP contribution in [0.2, 0.25) is 0 Å². The highest BCUT2D eigenvalue weighted by atomic mass is 79.9. The van der Waals surface area contributed by atoms with Gasteiger partial charge in [-0.05, 0) is 47.0 Å². The summed E-state index contributed by atoms with van der Waals surface area (Å²) in [5.74, 6) is -0.614. The van der Waals surface area contributed by atoms with Crippen LogP contribution in [0.1, 0.15) is 32.1 Å². The molecule has 0 radical (unpaired) electrons. The van der Waals surface area contributed by atoms with Crippen LogP contribution in [0.15, 0.2) is 22.7 Å².